The summed E-state index contributed by atoms with van der Waals surface area (Å²) in [6.07, 6.45) is 3.06. The van der Waals surface area contributed by atoms with E-state index in [9.17, 15) is 0 Å². The summed E-state index contributed by atoms with van der Waals surface area (Å²) in [5.74, 6) is 0.645. The highest BCUT2D eigenvalue weighted by Gasteiger charge is 2.04. The minimum absolute atomic E-state index is 0.0744. The van der Waals surface area contributed by atoms with Crippen LogP contribution >= 0.6 is 0 Å². The van der Waals surface area contributed by atoms with Crippen molar-refractivity contribution in [3.63, 3.8) is 0 Å². The first-order valence-corrected chi connectivity index (χ1v) is 5.03. The second-order valence-electron chi connectivity index (χ2n) is 3.49. The first-order valence-electron chi connectivity index (χ1n) is 5.03. The number of anilines is 2. The van der Waals surface area contributed by atoms with Crippen molar-refractivity contribution in [2.75, 3.05) is 5.32 Å². The Bertz CT molecular complexity index is 485. The summed E-state index contributed by atoms with van der Waals surface area (Å²) in [6, 6.07) is 7.92. The molecule has 2 rings (SSSR count). The van der Waals surface area contributed by atoms with Crippen LogP contribution in [0.1, 0.15) is 11.1 Å². The zero-order valence-corrected chi connectivity index (χ0v) is 9.01. The molecule has 2 aromatic rings. The molecular formula is C12H13N3O. The van der Waals surface area contributed by atoms with E-state index in [2.05, 4.69) is 15.3 Å². The van der Waals surface area contributed by atoms with Gasteiger partial charge in [0.1, 0.15) is 12.1 Å². The summed E-state index contributed by atoms with van der Waals surface area (Å²) < 4.78 is 0. The van der Waals surface area contributed by atoms with Gasteiger partial charge < -0.3 is 10.4 Å². The van der Waals surface area contributed by atoms with Crippen molar-refractivity contribution in [3.8, 4) is 0 Å². The molecule has 1 heterocycles. The third kappa shape index (κ3) is 2.17. The minimum Gasteiger partial charge on any atom is -0.391 e. The molecule has 4 heteroatoms. The van der Waals surface area contributed by atoms with Crippen molar-refractivity contribution in [3.05, 3.63) is 47.9 Å². The predicted molar refractivity (Wildman–Crippen MR) is 62.4 cm³/mol. The van der Waals surface area contributed by atoms with Gasteiger partial charge in [-0.3, -0.25) is 0 Å². The first kappa shape index (κ1) is 10.6. The number of para-hydroxylation sites is 1. The van der Waals surface area contributed by atoms with Crippen molar-refractivity contribution in [1.82, 2.24) is 9.97 Å². The fourth-order valence-corrected chi connectivity index (χ4v) is 1.43. The molecule has 1 aromatic heterocycles. The third-order valence-electron chi connectivity index (χ3n) is 2.36. The molecule has 0 bridgehead atoms. The molecule has 0 atom stereocenters. The first-order chi connectivity index (χ1) is 7.81. The zero-order chi connectivity index (χ0) is 11.4. The van der Waals surface area contributed by atoms with E-state index >= 15 is 0 Å². The molecule has 0 aliphatic heterocycles. The van der Waals surface area contributed by atoms with Gasteiger partial charge in [-0.05, 0) is 18.6 Å². The molecular weight excluding hydrogens is 202 g/mol. The highest BCUT2D eigenvalue weighted by Crippen LogP contribution is 2.20. The second kappa shape index (κ2) is 4.72. The Morgan fingerprint density at radius 3 is 2.88 bits per heavy atom. The lowest BCUT2D eigenvalue weighted by Gasteiger charge is -2.10. The quantitative estimate of drug-likeness (QED) is 0.822. The Morgan fingerprint density at radius 1 is 1.31 bits per heavy atom. The number of nitrogens with one attached hydrogen (secondary N) is 1. The standard InChI is InChI=1S/C12H13N3O/c1-9-4-2-3-5-11(9)15-12-10(7-16)6-13-8-14-12/h2-6,8,16H,7H2,1H3,(H,13,14,15). The third-order valence-corrected chi connectivity index (χ3v) is 2.36. The van der Waals surface area contributed by atoms with Gasteiger partial charge in [0.25, 0.3) is 0 Å². The van der Waals surface area contributed by atoms with Gasteiger partial charge in [0.15, 0.2) is 0 Å². The summed E-state index contributed by atoms with van der Waals surface area (Å²) in [4.78, 5) is 7.97. The van der Waals surface area contributed by atoms with Crippen LogP contribution in [-0.4, -0.2) is 15.1 Å². The summed E-state index contributed by atoms with van der Waals surface area (Å²) >= 11 is 0. The van der Waals surface area contributed by atoms with Crippen LogP contribution in [0.3, 0.4) is 0 Å². The van der Waals surface area contributed by atoms with E-state index in [-0.39, 0.29) is 6.61 Å². The van der Waals surface area contributed by atoms with Gasteiger partial charge >= 0.3 is 0 Å². The van der Waals surface area contributed by atoms with E-state index in [1.54, 1.807) is 6.20 Å². The second-order valence-corrected chi connectivity index (χ2v) is 3.49. The average molecular weight is 215 g/mol. The maximum Gasteiger partial charge on any atom is 0.139 e. The molecule has 0 aliphatic rings. The normalized spacial score (nSPS) is 10.1. The lowest BCUT2D eigenvalue weighted by molar-refractivity contribution is 0.281. The number of benzene rings is 1. The number of hydrogen-bond donors (Lipinski definition) is 2. The molecule has 82 valence electrons. The van der Waals surface area contributed by atoms with E-state index < -0.39 is 0 Å². The van der Waals surface area contributed by atoms with Crippen LogP contribution in [0.4, 0.5) is 11.5 Å². The fraction of sp³-hybridized carbons (Fsp3) is 0.167. The number of rotatable bonds is 3. The summed E-state index contributed by atoms with van der Waals surface area (Å²) in [6.45, 7) is 1.94. The molecule has 0 fully saturated rings. The lowest BCUT2D eigenvalue weighted by atomic mass is 10.2. The van der Waals surface area contributed by atoms with Gasteiger partial charge in [-0.25, -0.2) is 9.97 Å². The number of aromatic nitrogens is 2. The van der Waals surface area contributed by atoms with Crippen molar-refractivity contribution in [2.24, 2.45) is 0 Å². The van der Waals surface area contributed by atoms with Gasteiger partial charge in [-0.2, -0.15) is 0 Å². The Morgan fingerprint density at radius 2 is 2.12 bits per heavy atom. The molecule has 0 unspecified atom stereocenters. The monoisotopic (exact) mass is 215 g/mol. The molecule has 0 spiro atoms. The zero-order valence-electron chi connectivity index (χ0n) is 9.01. The van der Waals surface area contributed by atoms with Crippen LogP contribution in [0, 0.1) is 6.92 Å². The molecule has 16 heavy (non-hydrogen) atoms. The van der Waals surface area contributed by atoms with Crippen molar-refractivity contribution in [1.29, 1.82) is 0 Å². The smallest absolute Gasteiger partial charge is 0.139 e. The van der Waals surface area contributed by atoms with E-state index in [1.807, 2.05) is 31.2 Å². The van der Waals surface area contributed by atoms with Crippen molar-refractivity contribution >= 4 is 11.5 Å². The largest absolute Gasteiger partial charge is 0.391 e. The Kier molecular flexibility index (Phi) is 3.12. The van der Waals surface area contributed by atoms with Crippen molar-refractivity contribution < 1.29 is 5.11 Å². The van der Waals surface area contributed by atoms with Crippen LogP contribution < -0.4 is 5.32 Å². The number of aliphatic hydroxyl groups is 1. The van der Waals surface area contributed by atoms with Crippen molar-refractivity contribution in [2.45, 2.75) is 13.5 Å². The molecule has 4 nitrogen and oxygen atoms in total. The SMILES string of the molecule is Cc1ccccc1Nc1ncncc1CO. The number of aryl methyl sites for hydroxylation is 1. The predicted octanol–water partition coefficient (Wildman–Crippen LogP) is 2.02. The van der Waals surface area contributed by atoms with Gasteiger partial charge in [0.2, 0.25) is 0 Å². The Balaban J connectivity index is 2.30. The van der Waals surface area contributed by atoms with Gasteiger partial charge in [0, 0.05) is 17.4 Å². The number of aliphatic hydroxyl groups excluding tert-OH is 1. The van der Waals surface area contributed by atoms with Crippen LogP contribution in [0.2, 0.25) is 0 Å². The molecule has 0 amide bonds. The minimum atomic E-state index is -0.0744. The van der Waals surface area contributed by atoms with Crippen LogP contribution in [0.25, 0.3) is 0 Å². The highest BCUT2D eigenvalue weighted by molar-refractivity contribution is 5.61. The maximum atomic E-state index is 9.15. The van der Waals surface area contributed by atoms with E-state index in [1.165, 1.54) is 6.33 Å². The Hall–Kier alpha value is -1.94. The number of hydrogen-bond acceptors (Lipinski definition) is 4. The van der Waals surface area contributed by atoms with Gasteiger partial charge in [-0.1, -0.05) is 18.2 Å². The number of nitrogens with zero attached hydrogens (tertiary/aromatic N) is 2. The maximum absolute atomic E-state index is 9.15. The lowest BCUT2D eigenvalue weighted by Crippen LogP contribution is -2.00. The summed E-state index contributed by atoms with van der Waals surface area (Å²) in [5.41, 5.74) is 2.80. The van der Waals surface area contributed by atoms with Crippen LogP contribution in [0.5, 0.6) is 0 Å². The summed E-state index contributed by atoms with van der Waals surface area (Å²) in [7, 11) is 0. The topological polar surface area (TPSA) is 58.0 Å². The Labute approximate surface area is 94.0 Å². The summed E-state index contributed by atoms with van der Waals surface area (Å²) in [5, 5.41) is 12.3. The van der Waals surface area contributed by atoms with E-state index in [0.29, 0.717) is 11.4 Å². The van der Waals surface area contributed by atoms with Crippen LogP contribution in [-0.2, 0) is 6.61 Å². The van der Waals surface area contributed by atoms with Gasteiger partial charge in [-0.15, -0.1) is 0 Å². The molecule has 0 saturated heterocycles. The molecule has 0 aliphatic carbocycles. The molecule has 1 aromatic carbocycles. The highest BCUT2D eigenvalue weighted by atomic mass is 16.3. The van der Waals surface area contributed by atoms with Gasteiger partial charge in [0.05, 0.1) is 6.61 Å². The fourth-order valence-electron chi connectivity index (χ4n) is 1.43. The molecule has 0 radical (unpaired) electrons. The molecule has 2 N–H and O–H groups in total. The van der Waals surface area contributed by atoms with E-state index in [4.69, 9.17) is 5.11 Å². The van der Waals surface area contributed by atoms with Crippen LogP contribution in [0.15, 0.2) is 36.8 Å². The average Bonchev–Trinajstić information content (AvgIpc) is 2.33. The molecule has 0 saturated carbocycles. The van der Waals surface area contributed by atoms with E-state index in [0.717, 1.165) is 11.3 Å².